The Morgan fingerprint density at radius 1 is 1.38 bits per heavy atom. The number of hydrogen-bond acceptors (Lipinski definition) is 5. The van der Waals surface area contributed by atoms with Gasteiger partial charge in [0.2, 0.25) is 5.89 Å². The SMILES string of the molecule is CCNC(C)c1nnc(N2c3ccccc3CCC2C)o1. The van der Waals surface area contributed by atoms with E-state index in [0.29, 0.717) is 17.9 Å². The summed E-state index contributed by atoms with van der Waals surface area (Å²) in [6.45, 7) is 7.18. The third kappa shape index (κ3) is 2.65. The molecule has 2 unspecified atom stereocenters. The monoisotopic (exact) mass is 286 g/mol. The quantitative estimate of drug-likeness (QED) is 0.935. The minimum absolute atomic E-state index is 0.0755. The van der Waals surface area contributed by atoms with Crippen molar-refractivity contribution >= 4 is 11.7 Å². The second-order valence-corrected chi connectivity index (χ2v) is 5.59. The summed E-state index contributed by atoms with van der Waals surface area (Å²) in [6, 6.07) is 9.47. The Morgan fingerprint density at radius 2 is 2.19 bits per heavy atom. The van der Waals surface area contributed by atoms with E-state index >= 15 is 0 Å². The molecule has 3 rings (SSSR count). The van der Waals surface area contributed by atoms with Crippen LogP contribution in [0.5, 0.6) is 0 Å². The van der Waals surface area contributed by atoms with Gasteiger partial charge in [-0.25, -0.2) is 0 Å². The number of rotatable bonds is 4. The van der Waals surface area contributed by atoms with E-state index in [1.54, 1.807) is 0 Å². The van der Waals surface area contributed by atoms with E-state index in [-0.39, 0.29) is 6.04 Å². The maximum Gasteiger partial charge on any atom is 0.323 e. The van der Waals surface area contributed by atoms with Crippen molar-refractivity contribution in [2.45, 2.75) is 45.7 Å². The summed E-state index contributed by atoms with van der Waals surface area (Å²) in [5.41, 5.74) is 2.53. The van der Waals surface area contributed by atoms with E-state index in [4.69, 9.17) is 4.42 Å². The van der Waals surface area contributed by atoms with Gasteiger partial charge in [-0.3, -0.25) is 4.90 Å². The molecule has 0 fully saturated rings. The highest BCUT2D eigenvalue weighted by atomic mass is 16.4. The van der Waals surface area contributed by atoms with E-state index in [9.17, 15) is 0 Å². The molecule has 2 aromatic rings. The van der Waals surface area contributed by atoms with Crippen LogP contribution in [0.1, 0.15) is 44.7 Å². The van der Waals surface area contributed by atoms with Gasteiger partial charge in [0, 0.05) is 11.7 Å². The van der Waals surface area contributed by atoms with E-state index in [1.165, 1.54) is 11.3 Å². The first-order valence-corrected chi connectivity index (χ1v) is 7.64. The molecule has 21 heavy (non-hydrogen) atoms. The largest absolute Gasteiger partial charge is 0.406 e. The highest BCUT2D eigenvalue weighted by molar-refractivity contribution is 5.63. The zero-order valence-corrected chi connectivity index (χ0v) is 12.8. The van der Waals surface area contributed by atoms with Crippen LogP contribution >= 0.6 is 0 Å². The molecule has 0 aliphatic carbocycles. The Kier molecular flexibility index (Phi) is 3.92. The number of benzene rings is 1. The lowest BCUT2D eigenvalue weighted by atomic mass is 9.97. The van der Waals surface area contributed by atoms with Crippen molar-refractivity contribution in [1.82, 2.24) is 15.5 Å². The van der Waals surface area contributed by atoms with Crippen molar-refractivity contribution in [3.8, 4) is 0 Å². The Labute approximate surface area is 125 Å². The van der Waals surface area contributed by atoms with Gasteiger partial charge in [0.15, 0.2) is 0 Å². The van der Waals surface area contributed by atoms with Crippen molar-refractivity contribution < 1.29 is 4.42 Å². The van der Waals surface area contributed by atoms with Crippen LogP contribution in [0.4, 0.5) is 11.7 Å². The molecule has 1 N–H and O–H groups in total. The predicted molar refractivity (Wildman–Crippen MR) is 82.8 cm³/mol. The lowest BCUT2D eigenvalue weighted by Crippen LogP contribution is -2.33. The molecule has 1 aromatic carbocycles. The fraction of sp³-hybridized carbons (Fsp3) is 0.500. The maximum absolute atomic E-state index is 5.91. The molecule has 2 heterocycles. The van der Waals surface area contributed by atoms with Crippen LogP contribution in [0.3, 0.4) is 0 Å². The Balaban J connectivity index is 1.93. The maximum atomic E-state index is 5.91. The Morgan fingerprint density at radius 3 is 3.00 bits per heavy atom. The van der Waals surface area contributed by atoms with Crippen LogP contribution in [0, 0.1) is 0 Å². The minimum Gasteiger partial charge on any atom is -0.406 e. The van der Waals surface area contributed by atoms with Crippen molar-refractivity contribution in [1.29, 1.82) is 0 Å². The molecule has 0 amide bonds. The zero-order valence-electron chi connectivity index (χ0n) is 12.8. The van der Waals surface area contributed by atoms with Gasteiger partial charge < -0.3 is 9.73 Å². The van der Waals surface area contributed by atoms with E-state index in [0.717, 1.165) is 19.4 Å². The highest BCUT2D eigenvalue weighted by Crippen LogP contribution is 2.36. The molecule has 112 valence electrons. The minimum atomic E-state index is 0.0755. The highest BCUT2D eigenvalue weighted by Gasteiger charge is 2.28. The summed E-state index contributed by atoms with van der Waals surface area (Å²) in [7, 11) is 0. The van der Waals surface area contributed by atoms with E-state index < -0.39 is 0 Å². The van der Waals surface area contributed by atoms with Gasteiger partial charge in [-0.15, -0.1) is 5.10 Å². The molecule has 0 saturated carbocycles. The number of nitrogens with one attached hydrogen (secondary N) is 1. The van der Waals surface area contributed by atoms with Crippen molar-refractivity contribution in [2.75, 3.05) is 11.4 Å². The summed E-state index contributed by atoms with van der Waals surface area (Å²) in [5.74, 6) is 0.641. The van der Waals surface area contributed by atoms with Gasteiger partial charge in [0.05, 0.1) is 6.04 Å². The number of para-hydroxylation sites is 1. The number of aryl methyl sites for hydroxylation is 1. The Bertz CT molecular complexity index is 610. The Hall–Kier alpha value is -1.88. The van der Waals surface area contributed by atoms with E-state index in [2.05, 4.69) is 58.5 Å². The number of anilines is 2. The molecule has 1 aromatic heterocycles. The molecule has 5 nitrogen and oxygen atoms in total. The number of hydrogen-bond donors (Lipinski definition) is 1. The summed E-state index contributed by atoms with van der Waals surface area (Å²) >= 11 is 0. The van der Waals surface area contributed by atoms with E-state index in [1.807, 2.05) is 6.92 Å². The lowest BCUT2D eigenvalue weighted by molar-refractivity contribution is 0.416. The fourth-order valence-electron chi connectivity index (χ4n) is 2.87. The topological polar surface area (TPSA) is 54.2 Å². The smallest absolute Gasteiger partial charge is 0.323 e. The molecule has 0 spiro atoms. The van der Waals surface area contributed by atoms with Crippen molar-refractivity contribution in [3.63, 3.8) is 0 Å². The van der Waals surface area contributed by atoms with Gasteiger partial charge in [0.25, 0.3) is 0 Å². The van der Waals surface area contributed by atoms with Crippen LogP contribution in [-0.2, 0) is 6.42 Å². The number of fused-ring (bicyclic) bond motifs is 1. The average Bonchev–Trinajstić information content (AvgIpc) is 2.97. The molecule has 0 radical (unpaired) electrons. The third-order valence-corrected chi connectivity index (χ3v) is 4.04. The summed E-state index contributed by atoms with van der Waals surface area (Å²) in [5, 5.41) is 11.8. The zero-order chi connectivity index (χ0) is 14.8. The van der Waals surface area contributed by atoms with Crippen LogP contribution in [0.15, 0.2) is 28.7 Å². The number of nitrogens with zero attached hydrogens (tertiary/aromatic N) is 3. The first-order valence-electron chi connectivity index (χ1n) is 7.64. The van der Waals surface area contributed by atoms with Crippen LogP contribution in [-0.4, -0.2) is 22.8 Å². The standard InChI is InChI=1S/C16H22N4O/c1-4-17-12(3)15-18-19-16(21-15)20-11(2)9-10-13-7-5-6-8-14(13)20/h5-8,11-12,17H,4,9-10H2,1-3H3. The number of aromatic nitrogens is 2. The van der Waals surface area contributed by atoms with Crippen molar-refractivity contribution in [2.24, 2.45) is 0 Å². The molecule has 0 saturated heterocycles. The lowest BCUT2D eigenvalue weighted by Gasteiger charge is -2.33. The molecule has 5 heteroatoms. The third-order valence-electron chi connectivity index (χ3n) is 4.04. The second kappa shape index (κ2) is 5.85. The molecular weight excluding hydrogens is 264 g/mol. The van der Waals surface area contributed by atoms with Gasteiger partial charge in [0.1, 0.15) is 0 Å². The molecule has 1 aliphatic rings. The molecule has 1 aliphatic heterocycles. The van der Waals surface area contributed by atoms with Crippen LogP contribution in [0.25, 0.3) is 0 Å². The van der Waals surface area contributed by atoms with Crippen LogP contribution in [0.2, 0.25) is 0 Å². The van der Waals surface area contributed by atoms with Gasteiger partial charge in [-0.1, -0.05) is 30.2 Å². The van der Waals surface area contributed by atoms with Gasteiger partial charge >= 0.3 is 6.01 Å². The first kappa shape index (κ1) is 14.1. The fourth-order valence-corrected chi connectivity index (χ4v) is 2.87. The molecular formula is C16H22N4O. The average molecular weight is 286 g/mol. The molecule has 0 bridgehead atoms. The normalized spacial score (nSPS) is 19.4. The van der Waals surface area contributed by atoms with Crippen LogP contribution < -0.4 is 10.2 Å². The predicted octanol–water partition coefficient (Wildman–Crippen LogP) is 3.21. The second-order valence-electron chi connectivity index (χ2n) is 5.59. The summed E-state index contributed by atoms with van der Waals surface area (Å²) in [6.07, 6.45) is 2.19. The summed E-state index contributed by atoms with van der Waals surface area (Å²) < 4.78 is 5.91. The van der Waals surface area contributed by atoms with Gasteiger partial charge in [-0.05, 0) is 44.9 Å². The van der Waals surface area contributed by atoms with Crippen molar-refractivity contribution in [3.05, 3.63) is 35.7 Å². The molecule has 2 atom stereocenters. The van der Waals surface area contributed by atoms with Gasteiger partial charge in [-0.2, -0.15) is 0 Å². The summed E-state index contributed by atoms with van der Waals surface area (Å²) in [4.78, 5) is 2.16. The first-order chi connectivity index (χ1) is 10.2.